The van der Waals surface area contributed by atoms with E-state index in [1.54, 1.807) is 11.3 Å². The molecule has 0 saturated carbocycles. The monoisotopic (exact) mass is 307 g/mol. The van der Waals surface area contributed by atoms with E-state index in [1.807, 2.05) is 11.8 Å². The van der Waals surface area contributed by atoms with Gasteiger partial charge < -0.3 is 5.32 Å². The van der Waals surface area contributed by atoms with Crippen molar-refractivity contribution in [2.24, 2.45) is 0 Å². The van der Waals surface area contributed by atoms with Crippen molar-refractivity contribution in [2.75, 3.05) is 12.8 Å². The van der Waals surface area contributed by atoms with Crippen molar-refractivity contribution in [3.8, 4) is 0 Å². The van der Waals surface area contributed by atoms with E-state index in [-0.39, 0.29) is 0 Å². The molecule has 1 rings (SSSR count). The van der Waals surface area contributed by atoms with Gasteiger partial charge in [-0.25, -0.2) is 0 Å². The molecule has 1 aromatic heterocycles. The molecule has 4 heteroatoms. The van der Waals surface area contributed by atoms with E-state index in [1.165, 1.54) is 9.35 Å². The average Bonchev–Trinajstić information content (AvgIpc) is 2.61. The summed E-state index contributed by atoms with van der Waals surface area (Å²) in [5, 5.41) is 5.70. The van der Waals surface area contributed by atoms with Gasteiger partial charge in [0.1, 0.15) is 0 Å². The molecule has 0 radical (unpaired) electrons. The van der Waals surface area contributed by atoms with E-state index < -0.39 is 0 Å². The Morgan fingerprint density at radius 2 is 2.27 bits per heavy atom. The van der Waals surface area contributed by atoms with Crippen LogP contribution in [0.5, 0.6) is 0 Å². The van der Waals surface area contributed by atoms with Crippen molar-refractivity contribution in [3.63, 3.8) is 0 Å². The highest BCUT2D eigenvalue weighted by Crippen LogP contribution is 2.26. The number of hydrogen-bond acceptors (Lipinski definition) is 3. The lowest BCUT2D eigenvalue weighted by atomic mass is 10.2. The Morgan fingerprint density at radius 3 is 2.73 bits per heavy atom. The van der Waals surface area contributed by atoms with Crippen LogP contribution in [-0.4, -0.2) is 17.5 Å². The largest absolute Gasteiger partial charge is 0.308 e. The molecule has 0 amide bonds. The summed E-state index contributed by atoms with van der Waals surface area (Å²) in [5.41, 5.74) is 0. The fraction of sp³-hybridized carbons (Fsp3) is 0.636. The third-order valence-corrected chi connectivity index (χ3v) is 5.53. The molecule has 0 aliphatic heterocycles. The molecule has 0 bridgehead atoms. The number of thiophene rings is 1. The van der Waals surface area contributed by atoms with Gasteiger partial charge in [-0.1, -0.05) is 0 Å². The molecule has 0 saturated heterocycles. The molecule has 0 fully saturated rings. The molecule has 0 aliphatic rings. The molecule has 1 N–H and O–H groups in total. The van der Waals surface area contributed by atoms with E-state index in [2.05, 4.69) is 59.7 Å². The smallest absolute Gasteiger partial charge is 0.0386 e. The van der Waals surface area contributed by atoms with Gasteiger partial charge in [-0.2, -0.15) is 11.8 Å². The van der Waals surface area contributed by atoms with Crippen molar-refractivity contribution in [1.82, 2.24) is 5.32 Å². The molecule has 15 heavy (non-hydrogen) atoms. The van der Waals surface area contributed by atoms with Crippen LogP contribution in [0.1, 0.15) is 31.7 Å². The van der Waals surface area contributed by atoms with Crippen molar-refractivity contribution in [2.45, 2.75) is 31.6 Å². The molecule has 1 nitrogen and oxygen atoms in total. The summed E-state index contributed by atoms with van der Waals surface area (Å²) in [6, 6.07) is 2.63. The molecule has 0 aromatic carbocycles. The van der Waals surface area contributed by atoms with E-state index in [0.717, 1.165) is 6.54 Å². The van der Waals surface area contributed by atoms with Gasteiger partial charge in [0.05, 0.1) is 0 Å². The number of halogens is 1. The van der Waals surface area contributed by atoms with Crippen LogP contribution in [0.25, 0.3) is 0 Å². The maximum Gasteiger partial charge on any atom is 0.0386 e. The van der Waals surface area contributed by atoms with E-state index in [9.17, 15) is 0 Å². The van der Waals surface area contributed by atoms with Gasteiger partial charge >= 0.3 is 0 Å². The number of nitrogens with one attached hydrogen (secondary N) is 1. The molecule has 1 unspecified atom stereocenters. The predicted molar refractivity (Wildman–Crippen MR) is 76.0 cm³/mol. The predicted octanol–water partition coefficient (Wildman–Crippen LogP) is 4.30. The molecule has 86 valence electrons. The normalized spacial score (nSPS) is 14.2. The summed E-state index contributed by atoms with van der Waals surface area (Å²) in [6.07, 6.45) is 2.16. The minimum atomic E-state index is 0.308. The second-order valence-corrected chi connectivity index (χ2v) is 7.61. The van der Waals surface area contributed by atoms with Gasteiger partial charge in [0, 0.05) is 32.1 Å². The Morgan fingerprint density at radius 1 is 1.60 bits per heavy atom. The summed E-state index contributed by atoms with van der Waals surface area (Å²) >= 11 is 7.18. The first-order valence-corrected chi connectivity index (χ1v) is 7.87. The Labute approximate surface area is 109 Å². The lowest BCUT2D eigenvalue weighted by Gasteiger charge is -2.24. The van der Waals surface area contributed by atoms with Gasteiger partial charge in [-0.15, -0.1) is 11.3 Å². The van der Waals surface area contributed by atoms with Crippen LogP contribution in [0.4, 0.5) is 0 Å². The van der Waals surface area contributed by atoms with Crippen molar-refractivity contribution in [3.05, 3.63) is 20.8 Å². The molecule has 0 spiro atoms. The SMILES string of the molecule is CSC(C)(C)CNC(C)c1cc(Br)cs1. The fourth-order valence-electron chi connectivity index (χ4n) is 1.13. The highest BCUT2D eigenvalue weighted by Gasteiger charge is 2.17. The Balaban J connectivity index is 2.46. The van der Waals surface area contributed by atoms with Gasteiger partial charge in [-0.05, 0) is 49.0 Å². The van der Waals surface area contributed by atoms with Crippen LogP contribution in [0.2, 0.25) is 0 Å². The van der Waals surface area contributed by atoms with Gasteiger partial charge in [0.2, 0.25) is 0 Å². The van der Waals surface area contributed by atoms with Gasteiger partial charge in [0.15, 0.2) is 0 Å². The molecule has 1 atom stereocenters. The maximum absolute atomic E-state index is 3.57. The molecule has 1 aromatic rings. The summed E-state index contributed by atoms with van der Waals surface area (Å²) in [5.74, 6) is 0. The highest BCUT2D eigenvalue weighted by atomic mass is 79.9. The summed E-state index contributed by atoms with van der Waals surface area (Å²) < 4.78 is 1.49. The summed E-state index contributed by atoms with van der Waals surface area (Å²) in [4.78, 5) is 1.39. The zero-order valence-corrected chi connectivity index (χ0v) is 12.9. The highest BCUT2D eigenvalue weighted by molar-refractivity contribution is 9.10. The van der Waals surface area contributed by atoms with Crippen LogP contribution in [0.15, 0.2) is 15.9 Å². The number of hydrogen-bond donors (Lipinski definition) is 1. The Hall–Kier alpha value is 0.490. The van der Waals surface area contributed by atoms with E-state index in [4.69, 9.17) is 0 Å². The topological polar surface area (TPSA) is 12.0 Å². The third kappa shape index (κ3) is 4.47. The summed E-state index contributed by atoms with van der Waals surface area (Å²) in [6.45, 7) is 7.78. The average molecular weight is 308 g/mol. The van der Waals surface area contributed by atoms with Crippen molar-refractivity contribution in [1.29, 1.82) is 0 Å². The van der Waals surface area contributed by atoms with E-state index >= 15 is 0 Å². The van der Waals surface area contributed by atoms with Crippen LogP contribution in [0, 0.1) is 0 Å². The van der Waals surface area contributed by atoms with Crippen LogP contribution in [-0.2, 0) is 0 Å². The maximum atomic E-state index is 3.57. The lowest BCUT2D eigenvalue weighted by Crippen LogP contribution is -2.33. The second-order valence-electron chi connectivity index (χ2n) is 4.23. The van der Waals surface area contributed by atoms with Gasteiger partial charge in [-0.3, -0.25) is 0 Å². The van der Waals surface area contributed by atoms with Crippen LogP contribution >= 0.6 is 39.0 Å². The number of rotatable bonds is 5. The van der Waals surface area contributed by atoms with E-state index in [0.29, 0.717) is 10.8 Å². The first-order chi connectivity index (χ1) is 6.94. The van der Waals surface area contributed by atoms with Crippen LogP contribution in [0.3, 0.4) is 0 Å². The molecule has 0 aliphatic carbocycles. The Kier molecular flexibility index (Phi) is 5.16. The number of thioether (sulfide) groups is 1. The minimum absolute atomic E-state index is 0.308. The van der Waals surface area contributed by atoms with Crippen LogP contribution < -0.4 is 5.32 Å². The molecular formula is C11H18BrNS2. The van der Waals surface area contributed by atoms with Gasteiger partial charge in [0.25, 0.3) is 0 Å². The first-order valence-electron chi connectivity index (χ1n) is 4.97. The zero-order valence-electron chi connectivity index (χ0n) is 9.63. The third-order valence-electron chi connectivity index (χ3n) is 2.40. The summed E-state index contributed by atoms with van der Waals surface area (Å²) in [7, 11) is 0. The standard InChI is InChI=1S/C11H18BrNS2/c1-8(10-5-9(12)6-15-10)13-7-11(2,3)14-4/h5-6,8,13H,7H2,1-4H3. The Bertz CT molecular complexity index is 309. The minimum Gasteiger partial charge on any atom is -0.308 e. The lowest BCUT2D eigenvalue weighted by molar-refractivity contribution is 0.528. The molecular weight excluding hydrogens is 290 g/mol. The zero-order chi connectivity index (χ0) is 11.5. The second kappa shape index (κ2) is 5.71. The van der Waals surface area contributed by atoms with Crippen molar-refractivity contribution >= 4 is 39.0 Å². The molecule has 1 heterocycles. The van der Waals surface area contributed by atoms with Crippen molar-refractivity contribution < 1.29 is 0 Å². The first kappa shape index (κ1) is 13.6. The quantitative estimate of drug-likeness (QED) is 0.870. The fourth-order valence-corrected chi connectivity index (χ4v) is 2.83.